The Morgan fingerprint density at radius 3 is 2.10 bits per heavy atom. The third-order valence-electron chi connectivity index (χ3n) is 9.42. The van der Waals surface area contributed by atoms with Gasteiger partial charge in [0.15, 0.2) is 11.6 Å². The van der Waals surface area contributed by atoms with Crippen LogP contribution in [0.2, 0.25) is 0 Å². The molecule has 1 aliphatic rings. The molecule has 3 amide bonds. The fraction of sp³-hybridized carbons (Fsp3) is 0.410. The summed E-state index contributed by atoms with van der Waals surface area (Å²) in [6.45, 7) is 3.47. The van der Waals surface area contributed by atoms with E-state index in [2.05, 4.69) is 5.32 Å². The molecule has 1 fully saturated rings. The van der Waals surface area contributed by atoms with E-state index in [1.807, 2.05) is 54.6 Å². The van der Waals surface area contributed by atoms with Crippen molar-refractivity contribution >= 4 is 17.7 Å². The first-order valence-corrected chi connectivity index (χ1v) is 16.7. The monoisotopic (exact) mass is 674 g/mol. The quantitative estimate of drug-likeness (QED) is 0.196. The maximum absolute atomic E-state index is 14.4. The summed E-state index contributed by atoms with van der Waals surface area (Å²) in [4.78, 5) is 44.2. The number of halogens is 2. The Bertz CT molecular complexity index is 1620. The zero-order valence-corrected chi connectivity index (χ0v) is 28.8. The minimum Gasteiger partial charge on any atom is -0.396 e. The van der Waals surface area contributed by atoms with Crippen molar-refractivity contribution in [3.05, 3.63) is 108 Å². The topological polar surface area (TPSA) is 116 Å². The molecule has 2 atom stereocenters. The summed E-state index contributed by atoms with van der Waals surface area (Å²) < 4.78 is 28.0. The van der Waals surface area contributed by atoms with E-state index in [0.29, 0.717) is 12.0 Å². The number of nitrogens with zero attached hydrogens (tertiary/aromatic N) is 2. The molecule has 0 radical (unpaired) electrons. The van der Waals surface area contributed by atoms with Crippen LogP contribution in [0.15, 0.2) is 84.9 Å². The molecule has 0 bridgehead atoms. The van der Waals surface area contributed by atoms with Crippen LogP contribution >= 0.6 is 0 Å². The molecule has 0 unspecified atom stereocenters. The van der Waals surface area contributed by atoms with Gasteiger partial charge in [-0.2, -0.15) is 0 Å². The normalized spacial score (nSPS) is 15.3. The number of hydrogen-bond donors (Lipinski definition) is 3. The summed E-state index contributed by atoms with van der Waals surface area (Å²) in [5.41, 5.74) is 8.54. The Labute approximate surface area is 288 Å². The van der Waals surface area contributed by atoms with E-state index in [0.717, 1.165) is 48.1 Å². The number of nitrogens with two attached hydrogens (primary N) is 1. The number of amides is 3. The second-order valence-electron chi connectivity index (χ2n) is 14.0. The average molecular weight is 675 g/mol. The number of carbonyl (C=O) groups is 3. The van der Waals surface area contributed by atoms with Crippen LogP contribution in [0.3, 0.4) is 0 Å². The van der Waals surface area contributed by atoms with Crippen LogP contribution in [0.4, 0.5) is 8.78 Å². The summed E-state index contributed by atoms with van der Waals surface area (Å²) >= 11 is 0. The number of nitrogens with one attached hydrogen (secondary N) is 1. The van der Waals surface area contributed by atoms with Gasteiger partial charge in [0.2, 0.25) is 17.7 Å². The lowest BCUT2D eigenvalue weighted by Crippen LogP contribution is -2.56. The van der Waals surface area contributed by atoms with Crippen LogP contribution in [0, 0.1) is 17.0 Å². The van der Waals surface area contributed by atoms with Crippen molar-refractivity contribution in [2.24, 2.45) is 11.1 Å². The van der Waals surface area contributed by atoms with E-state index in [4.69, 9.17) is 5.73 Å². The van der Waals surface area contributed by atoms with Crippen LogP contribution in [0.25, 0.3) is 11.1 Å². The van der Waals surface area contributed by atoms with Gasteiger partial charge in [-0.25, -0.2) is 8.78 Å². The first-order valence-electron chi connectivity index (χ1n) is 16.7. The summed E-state index contributed by atoms with van der Waals surface area (Å²) in [7, 11) is 3.02. The van der Waals surface area contributed by atoms with E-state index in [1.54, 1.807) is 27.0 Å². The fourth-order valence-corrected chi connectivity index (χ4v) is 5.76. The van der Waals surface area contributed by atoms with Crippen molar-refractivity contribution in [3.63, 3.8) is 0 Å². The van der Waals surface area contributed by atoms with Gasteiger partial charge >= 0.3 is 0 Å². The molecule has 0 aliphatic heterocycles. The maximum atomic E-state index is 14.4. The van der Waals surface area contributed by atoms with Gasteiger partial charge in [0.1, 0.15) is 12.1 Å². The van der Waals surface area contributed by atoms with Crippen LogP contribution in [-0.2, 0) is 27.2 Å². The van der Waals surface area contributed by atoms with E-state index in [9.17, 15) is 28.3 Å². The van der Waals surface area contributed by atoms with Crippen LogP contribution in [-0.4, -0.2) is 77.5 Å². The summed E-state index contributed by atoms with van der Waals surface area (Å²) in [6, 6.07) is 18.8. The van der Waals surface area contributed by atoms with Gasteiger partial charge in [0.05, 0.1) is 0 Å². The summed E-state index contributed by atoms with van der Waals surface area (Å²) in [5.74, 6) is -3.52. The highest BCUT2D eigenvalue weighted by Gasteiger charge is 2.36. The van der Waals surface area contributed by atoms with Gasteiger partial charge in [-0.3, -0.25) is 14.4 Å². The predicted octanol–water partition coefficient (Wildman–Crippen LogP) is 5.03. The Kier molecular flexibility index (Phi) is 12.5. The molecule has 0 saturated heterocycles. The van der Waals surface area contributed by atoms with E-state index in [1.165, 1.54) is 29.0 Å². The number of aliphatic hydroxyl groups is 1. The van der Waals surface area contributed by atoms with E-state index >= 15 is 0 Å². The summed E-state index contributed by atoms with van der Waals surface area (Å²) in [5, 5.41) is 12.5. The highest BCUT2D eigenvalue weighted by molar-refractivity contribution is 5.95. The number of aliphatic hydroxyl groups excluding tert-OH is 1. The smallest absolute Gasteiger partial charge is 0.246 e. The van der Waals surface area contributed by atoms with Gasteiger partial charge in [0.25, 0.3) is 0 Å². The number of benzene rings is 3. The third-order valence-corrected chi connectivity index (χ3v) is 9.42. The van der Waals surface area contributed by atoms with Gasteiger partial charge in [-0.15, -0.1) is 0 Å². The summed E-state index contributed by atoms with van der Waals surface area (Å²) in [6.07, 6.45) is 6.62. The van der Waals surface area contributed by atoms with Crippen molar-refractivity contribution in [3.8, 4) is 11.1 Å². The minimum absolute atomic E-state index is 0.112. The third kappa shape index (κ3) is 10.1. The largest absolute Gasteiger partial charge is 0.396 e. The Balaban J connectivity index is 1.63. The minimum atomic E-state index is -1.13. The first kappa shape index (κ1) is 37.4. The van der Waals surface area contributed by atoms with Crippen molar-refractivity contribution in [1.29, 1.82) is 0 Å². The molecular weight excluding hydrogens is 626 g/mol. The standard InChI is InChI=1S/C39H48F2N4O4/c1-38(2,26-46)25-43-36(48)33(24-28-15-18-31(40)32(41)22-28)45(4)37(49)34(44(3)35(47)12-8-19-39(42)20-9-21-39)23-27-13-16-30(17-14-27)29-10-6-5-7-11-29/h5-8,10-18,22,33-34,46H,9,19-21,23-26,42H2,1-4H3,(H,43,48)/b12-8+/t33-,34-/m1/s1. The molecule has 49 heavy (non-hydrogen) atoms. The van der Waals surface area contributed by atoms with Crippen molar-refractivity contribution < 1.29 is 28.3 Å². The SMILES string of the molecule is CN(C(=O)/C=C/CC1(N)CCC1)[C@H](Cc1ccc(-c2ccccc2)cc1)C(=O)N(C)[C@H](Cc1ccc(F)c(F)c1)C(=O)NCC(C)(C)CO. The van der Waals surface area contributed by atoms with Gasteiger partial charge < -0.3 is 26.0 Å². The second-order valence-corrected chi connectivity index (χ2v) is 14.0. The molecule has 4 N–H and O–H groups in total. The molecule has 1 saturated carbocycles. The predicted molar refractivity (Wildman–Crippen MR) is 187 cm³/mol. The van der Waals surface area contributed by atoms with Gasteiger partial charge in [-0.05, 0) is 66.1 Å². The van der Waals surface area contributed by atoms with Gasteiger partial charge in [-0.1, -0.05) is 80.6 Å². The molecular formula is C39H48F2N4O4. The Morgan fingerprint density at radius 2 is 1.51 bits per heavy atom. The van der Waals surface area contributed by atoms with Crippen molar-refractivity contribution in [2.45, 2.75) is 70.0 Å². The maximum Gasteiger partial charge on any atom is 0.246 e. The molecule has 8 nitrogen and oxygen atoms in total. The molecule has 1 aliphatic carbocycles. The zero-order chi connectivity index (χ0) is 35.8. The van der Waals surface area contributed by atoms with Gasteiger partial charge in [0, 0.05) is 51.0 Å². The number of carbonyl (C=O) groups excluding carboxylic acids is 3. The highest BCUT2D eigenvalue weighted by Crippen LogP contribution is 2.32. The molecule has 0 aromatic heterocycles. The molecule has 3 aromatic rings. The van der Waals surface area contributed by atoms with E-state index < -0.39 is 40.9 Å². The average Bonchev–Trinajstić information content (AvgIpc) is 3.09. The molecule has 4 rings (SSSR count). The number of rotatable bonds is 15. The first-order chi connectivity index (χ1) is 23.2. The van der Waals surface area contributed by atoms with Crippen molar-refractivity contribution in [2.75, 3.05) is 27.2 Å². The lowest BCUT2D eigenvalue weighted by atomic mass is 9.75. The molecule has 262 valence electrons. The second kappa shape index (κ2) is 16.3. The van der Waals surface area contributed by atoms with E-state index in [-0.39, 0.29) is 37.4 Å². The zero-order valence-electron chi connectivity index (χ0n) is 28.8. The Hall–Kier alpha value is -4.41. The van der Waals surface area contributed by atoms with Crippen molar-refractivity contribution in [1.82, 2.24) is 15.1 Å². The number of hydrogen-bond acceptors (Lipinski definition) is 5. The van der Waals surface area contributed by atoms with Crippen LogP contribution in [0.5, 0.6) is 0 Å². The lowest BCUT2D eigenvalue weighted by molar-refractivity contribution is -0.146. The molecule has 3 aromatic carbocycles. The fourth-order valence-electron chi connectivity index (χ4n) is 5.76. The lowest BCUT2D eigenvalue weighted by Gasteiger charge is -2.37. The highest BCUT2D eigenvalue weighted by atomic mass is 19.2. The molecule has 10 heteroatoms. The van der Waals surface area contributed by atoms with Crippen LogP contribution < -0.4 is 11.1 Å². The van der Waals surface area contributed by atoms with Crippen LogP contribution in [0.1, 0.15) is 50.7 Å². The Morgan fingerprint density at radius 1 is 0.898 bits per heavy atom. The number of likely N-dealkylation sites (N-methyl/N-ethyl adjacent to an activating group) is 2. The molecule has 0 spiro atoms. The molecule has 0 heterocycles.